The molecule has 0 aliphatic rings. The molecule has 6 nitrogen and oxygen atoms in total. The number of amides is 1. The van der Waals surface area contributed by atoms with Crippen LogP contribution in [0.5, 0.6) is 0 Å². The van der Waals surface area contributed by atoms with Crippen LogP contribution in [-0.4, -0.2) is 30.0 Å². The molecule has 0 aliphatic heterocycles. The molecule has 0 N–H and O–H groups in total. The average molecular weight is 397 g/mol. The maximum absolute atomic E-state index is 12.7. The molecule has 3 aromatic rings. The van der Waals surface area contributed by atoms with E-state index in [1.165, 1.54) is 29.4 Å². The van der Waals surface area contributed by atoms with Gasteiger partial charge in [0.15, 0.2) is 12.2 Å². The molecule has 0 aliphatic carbocycles. The van der Waals surface area contributed by atoms with E-state index in [9.17, 15) is 9.70 Å². The quantitative estimate of drug-likeness (QED) is 0.591. The summed E-state index contributed by atoms with van der Waals surface area (Å²) in [5.74, 6) is -0.303. The summed E-state index contributed by atoms with van der Waals surface area (Å²) >= 11 is 13.3. The van der Waals surface area contributed by atoms with Crippen molar-refractivity contribution in [2.75, 3.05) is 19.1 Å². The van der Waals surface area contributed by atoms with Gasteiger partial charge in [0.2, 0.25) is 0 Å². The van der Waals surface area contributed by atoms with Gasteiger partial charge in [-0.15, -0.1) is 0 Å². The van der Waals surface area contributed by atoms with Crippen molar-refractivity contribution in [3.63, 3.8) is 0 Å². The van der Waals surface area contributed by atoms with Crippen LogP contribution < -0.4 is 4.90 Å². The van der Waals surface area contributed by atoms with Crippen LogP contribution in [0.25, 0.3) is 10.2 Å². The predicted molar refractivity (Wildman–Crippen MR) is 99.1 cm³/mol. The van der Waals surface area contributed by atoms with E-state index in [1.54, 1.807) is 37.4 Å². The van der Waals surface area contributed by atoms with Crippen LogP contribution in [0.15, 0.2) is 36.4 Å². The predicted octanol–water partition coefficient (Wildman–Crippen LogP) is 4.85. The summed E-state index contributed by atoms with van der Waals surface area (Å²) in [6, 6.07) is 9.64. The molecule has 0 unspecified atom stereocenters. The fourth-order valence-corrected chi connectivity index (χ4v) is 3.64. The van der Waals surface area contributed by atoms with Gasteiger partial charge >= 0.3 is 5.69 Å². The number of hydrogen-bond acceptors (Lipinski definition) is 5. The fourth-order valence-electron chi connectivity index (χ4n) is 2.19. The minimum atomic E-state index is -0.303. The van der Waals surface area contributed by atoms with Crippen molar-refractivity contribution in [3.05, 3.63) is 56.9 Å². The molecule has 2 aromatic carbocycles. The average Bonchev–Trinajstić information content (AvgIpc) is 3.03. The minimum absolute atomic E-state index is 0.273. The SMILES string of the molecule is CO[N+](=O)c1ccc2nc(N(C)C(=O)c3ccc(Cl)cc3Cl)sc2c1. The van der Waals surface area contributed by atoms with Gasteiger partial charge in [-0.2, -0.15) is 0 Å². The molecule has 0 fully saturated rings. The van der Waals surface area contributed by atoms with Crippen LogP contribution >= 0.6 is 34.5 Å². The van der Waals surface area contributed by atoms with Crippen molar-refractivity contribution in [3.8, 4) is 0 Å². The summed E-state index contributed by atoms with van der Waals surface area (Å²) in [7, 11) is 2.90. The number of aromatic nitrogens is 1. The minimum Gasteiger partial charge on any atom is -0.287 e. The van der Waals surface area contributed by atoms with Crippen LogP contribution in [0, 0.1) is 4.91 Å². The van der Waals surface area contributed by atoms with Gasteiger partial charge < -0.3 is 0 Å². The molecule has 1 heterocycles. The lowest BCUT2D eigenvalue weighted by Gasteiger charge is -2.14. The molecule has 3 rings (SSSR count). The zero-order chi connectivity index (χ0) is 18.1. The Morgan fingerprint density at radius 2 is 2.00 bits per heavy atom. The number of carbonyl (C=O) groups is 1. The zero-order valence-electron chi connectivity index (χ0n) is 13.2. The van der Waals surface area contributed by atoms with E-state index in [4.69, 9.17) is 23.2 Å². The summed E-state index contributed by atoms with van der Waals surface area (Å²) in [5, 5.41) is 1.21. The standard InChI is InChI=1S/C16H12Cl2N3O3S/c1-20(15(22)11-5-3-9(17)7-12(11)18)16-19-13-6-4-10(21(23)24-2)8-14(13)25-16/h3-8H,1-2H3/q+1. The van der Waals surface area contributed by atoms with E-state index in [0.717, 1.165) is 4.70 Å². The summed E-state index contributed by atoms with van der Waals surface area (Å²) in [5.41, 5.74) is 1.36. The smallest absolute Gasteiger partial charge is 0.287 e. The second kappa shape index (κ2) is 6.95. The summed E-state index contributed by atoms with van der Waals surface area (Å²) < 4.78 is 0.757. The van der Waals surface area contributed by atoms with Gasteiger partial charge in [0.05, 0.1) is 25.7 Å². The van der Waals surface area contributed by atoms with Crippen LogP contribution in [0.2, 0.25) is 10.0 Å². The highest BCUT2D eigenvalue weighted by molar-refractivity contribution is 7.22. The monoisotopic (exact) mass is 396 g/mol. The molecule has 0 bridgehead atoms. The number of anilines is 1. The third-order valence-electron chi connectivity index (χ3n) is 3.49. The van der Waals surface area contributed by atoms with Crippen LogP contribution in [0.3, 0.4) is 0 Å². The summed E-state index contributed by atoms with van der Waals surface area (Å²) in [4.78, 5) is 35.1. The first-order valence-corrected chi connectivity index (χ1v) is 8.63. The molecule has 1 amide bonds. The number of hydrogen-bond donors (Lipinski definition) is 0. The van der Waals surface area contributed by atoms with Gasteiger partial charge in [-0.3, -0.25) is 9.69 Å². The van der Waals surface area contributed by atoms with Gasteiger partial charge in [0, 0.05) is 24.2 Å². The maximum atomic E-state index is 12.7. The van der Waals surface area contributed by atoms with E-state index in [1.807, 2.05) is 0 Å². The van der Waals surface area contributed by atoms with Crippen molar-refractivity contribution >= 4 is 61.5 Å². The molecule has 25 heavy (non-hydrogen) atoms. The van der Waals surface area contributed by atoms with Crippen LogP contribution in [-0.2, 0) is 4.84 Å². The lowest BCUT2D eigenvalue weighted by atomic mass is 10.2. The number of thiazole rings is 1. The lowest BCUT2D eigenvalue weighted by Crippen LogP contribution is -2.26. The topological polar surface area (TPSA) is 62.5 Å². The van der Waals surface area contributed by atoms with Crippen molar-refractivity contribution < 1.29 is 14.6 Å². The highest BCUT2D eigenvalue weighted by Crippen LogP contribution is 2.32. The Balaban J connectivity index is 1.95. The number of carbonyl (C=O) groups excluding carboxylic acids is 1. The van der Waals surface area contributed by atoms with E-state index < -0.39 is 0 Å². The Labute approximate surface area is 157 Å². The third-order valence-corrected chi connectivity index (χ3v) is 5.13. The van der Waals surface area contributed by atoms with Crippen molar-refractivity contribution in [2.24, 2.45) is 0 Å². The van der Waals surface area contributed by atoms with Gasteiger partial charge in [-0.05, 0) is 24.3 Å². The second-order valence-corrected chi connectivity index (χ2v) is 6.93. The zero-order valence-corrected chi connectivity index (χ0v) is 15.5. The summed E-state index contributed by atoms with van der Waals surface area (Å²) in [6.45, 7) is 0. The van der Waals surface area contributed by atoms with Gasteiger partial charge in [0.25, 0.3) is 10.8 Å². The Kier molecular flexibility index (Phi) is 4.89. The van der Waals surface area contributed by atoms with E-state index in [0.29, 0.717) is 31.8 Å². The van der Waals surface area contributed by atoms with E-state index in [-0.39, 0.29) is 10.9 Å². The number of nitrogens with zero attached hydrogens (tertiary/aromatic N) is 3. The van der Waals surface area contributed by atoms with Gasteiger partial charge in [0.1, 0.15) is 0 Å². The fraction of sp³-hybridized carbons (Fsp3) is 0.125. The molecule has 9 heteroatoms. The Morgan fingerprint density at radius 1 is 1.24 bits per heavy atom. The highest BCUT2D eigenvalue weighted by atomic mass is 35.5. The molecular formula is C16H12Cl2N3O3S+. The van der Waals surface area contributed by atoms with Crippen molar-refractivity contribution in [1.82, 2.24) is 4.98 Å². The van der Waals surface area contributed by atoms with Gasteiger partial charge in [-0.1, -0.05) is 34.5 Å². The molecule has 0 atom stereocenters. The van der Waals surface area contributed by atoms with Crippen molar-refractivity contribution in [2.45, 2.75) is 0 Å². The van der Waals surface area contributed by atoms with Crippen LogP contribution in [0.1, 0.15) is 10.4 Å². The molecule has 0 spiro atoms. The number of benzene rings is 2. The lowest BCUT2D eigenvalue weighted by molar-refractivity contribution is -0.736. The first kappa shape index (κ1) is 17.6. The first-order chi connectivity index (χ1) is 11.9. The van der Waals surface area contributed by atoms with E-state index >= 15 is 0 Å². The Hall–Kier alpha value is -2.22. The molecule has 0 radical (unpaired) electrons. The molecule has 1 aromatic heterocycles. The second-order valence-electron chi connectivity index (χ2n) is 5.08. The maximum Gasteiger partial charge on any atom is 0.318 e. The normalized spacial score (nSPS) is 10.7. The number of fused-ring (bicyclic) bond motifs is 1. The van der Waals surface area contributed by atoms with Crippen molar-refractivity contribution in [1.29, 1.82) is 0 Å². The molecule has 0 saturated carbocycles. The summed E-state index contributed by atoms with van der Waals surface area (Å²) in [6.07, 6.45) is 0. The van der Waals surface area contributed by atoms with Gasteiger partial charge in [-0.25, -0.2) is 9.82 Å². The molecule has 0 saturated heterocycles. The molecular weight excluding hydrogens is 385 g/mol. The first-order valence-electron chi connectivity index (χ1n) is 7.06. The van der Waals surface area contributed by atoms with E-state index in [2.05, 4.69) is 9.82 Å². The number of halogens is 2. The largest absolute Gasteiger partial charge is 0.318 e. The Bertz CT molecular complexity index is 990. The van der Waals surface area contributed by atoms with Crippen LogP contribution in [0.4, 0.5) is 10.8 Å². The Morgan fingerprint density at radius 3 is 2.68 bits per heavy atom. The third kappa shape index (κ3) is 3.44. The molecule has 128 valence electrons. The number of rotatable bonds is 4. The highest BCUT2D eigenvalue weighted by Gasteiger charge is 2.21.